The van der Waals surface area contributed by atoms with Gasteiger partial charge in [0.2, 0.25) is 0 Å². The molecule has 0 saturated carbocycles. The van der Waals surface area contributed by atoms with Crippen molar-refractivity contribution < 1.29 is 4.74 Å². The number of hydrogen-bond acceptors (Lipinski definition) is 3. The van der Waals surface area contributed by atoms with Gasteiger partial charge in [-0.1, -0.05) is 0 Å². The Morgan fingerprint density at radius 3 is 2.44 bits per heavy atom. The first kappa shape index (κ1) is 15.4. The van der Waals surface area contributed by atoms with Crippen molar-refractivity contribution in [3.8, 4) is 6.07 Å². The van der Waals surface area contributed by atoms with Crippen molar-refractivity contribution in [2.45, 2.75) is 46.6 Å². The summed E-state index contributed by atoms with van der Waals surface area (Å²) >= 11 is 0. The molecule has 3 nitrogen and oxygen atoms in total. The first-order chi connectivity index (χ1) is 7.37. The molecule has 3 heteroatoms. The summed E-state index contributed by atoms with van der Waals surface area (Å²) in [7, 11) is 2.10. The van der Waals surface area contributed by atoms with Crippen molar-refractivity contribution in [2.24, 2.45) is 5.41 Å². The van der Waals surface area contributed by atoms with Gasteiger partial charge < -0.3 is 9.64 Å². The maximum Gasteiger partial charge on any atom is 0.0683 e. The lowest BCUT2D eigenvalue weighted by Gasteiger charge is -2.20. The maximum atomic E-state index is 8.88. The van der Waals surface area contributed by atoms with Gasteiger partial charge in [0, 0.05) is 6.54 Å². The van der Waals surface area contributed by atoms with Gasteiger partial charge in [0.25, 0.3) is 0 Å². The van der Waals surface area contributed by atoms with Crippen LogP contribution in [-0.4, -0.2) is 37.7 Å². The third kappa shape index (κ3) is 8.70. The number of nitriles is 1. The summed E-state index contributed by atoms with van der Waals surface area (Å²) in [5, 5.41) is 8.88. The monoisotopic (exact) mass is 226 g/mol. The smallest absolute Gasteiger partial charge is 0.0683 e. The van der Waals surface area contributed by atoms with E-state index in [0.717, 1.165) is 32.5 Å². The van der Waals surface area contributed by atoms with E-state index in [9.17, 15) is 0 Å². The van der Waals surface area contributed by atoms with Gasteiger partial charge in [-0.2, -0.15) is 5.26 Å². The van der Waals surface area contributed by atoms with Gasteiger partial charge in [-0.15, -0.1) is 0 Å². The van der Waals surface area contributed by atoms with Crippen LogP contribution in [0, 0.1) is 16.7 Å². The largest absolute Gasteiger partial charge is 0.377 e. The lowest BCUT2D eigenvalue weighted by molar-refractivity contribution is 0.0633. The molecule has 0 N–H and O–H groups in total. The van der Waals surface area contributed by atoms with E-state index in [0.29, 0.717) is 6.10 Å². The number of nitrogens with zero attached hydrogens (tertiary/aromatic N) is 2. The van der Waals surface area contributed by atoms with Crippen LogP contribution in [0.3, 0.4) is 0 Å². The average molecular weight is 226 g/mol. The van der Waals surface area contributed by atoms with Gasteiger partial charge in [0.1, 0.15) is 0 Å². The van der Waals surface area contributed by atoms with Gasteiger partial charge in [-0.3, -0.25) is 0 Å². The molecule has 0 aromatic heterocycles. The second-order valence-corrected chi connectivity index (χ2v) is 5.32. The Morgan fingerprint density at radius 1 is 1.31 bits per heavy atom. The summed E-state index contributed by atoms with van der Waals surface area (Å²) in [4.78, 5) is 2.26. The van der Waals surface area contributed by atoms with Gasteiger partial charge in [0.05, 0.1) is 24.2 Å². The Balaban J connectivity index is 3.52. The van der Waals surface area contributed by atoms with E-state index in [-0.39, 0.29) is 5.41 Å². The highest BCUT2D eigenvalue weighted by Gasteiger charge is 2.15. The zero-order chi connectivity index (χ0) is 12.6. The molecule has 16 heavy (non-hydrogen) atoms. The van der Waals surface area contributed by atoms with Crippen molar-refractivity contribution in [3.05, 3.63) is 0 Å². The summed E-state index contributed by atoms with van der Waals surface area (Å²) < 4.78 is 5.49. The molecule has 0 amide bonds. The molecular formula is C13H26N2O. The van der Waals surface area contributed by atoms with Crippen LogP contribution in [0.15, 0.2) is 0 Å². The molecular weight excluding hydrogens is 200 g/mol. The van der Waals surface area contributed by atoms with E-state index in [4.69, 9.17) is 10.00 Å². The molecule has 0 radical (unpaired) electrons. The standard InChI is InChI=1S/C13H26N2O/c1-12(2)16-10-9-15(5)8-6-7-13(3,4)11-14/h12H,6-10H2,1-5H3. The van der Waals surface area contributed by atoms with Crippen LogP contribution in [0.5, 0.6) is 0 Å². The second-order valence-electron chi connectivity index (χ2n) is 5.32. The minimum atomic E-state index is -0.185. The van der Waals surface area contributed by atoms with Crippen molar-refractivity contribution in [1.82, 2.24) is 4.90 Å². The molecule has 0 unspecified atom stereocenters. The lowest BCUT2D eigenvalue weighted by Crippen LogP contribution is -2.26. The van der Waals surface area contributed by atoms with Gasteiger partial charge in [-0.25, -0.2) is 0 Å². The van der Waals surface area contributed by atoms with E-state index in [1.54, 1.807) is 0 Å². The molecule has 94 valence electrons. The summed E-state index contributed by atoms with van der Waals surface area (Å²) in [6, 6.07) is 2.33. The Bertz CT molecular complexity index is 218. The number of ether oxygens (including phenoxy) is 1. The topological polar surface area (TPSA) is 36.3 Å². The zero-order valence-electron chi connectivity index (χ0n) is 11.4. The highest BCUT2D eigenvalue weighted by molar-refractivity contribution is 4.91. The van der Waals surface area contributed by atoms with E-state index in [1.807, 2.05) is 13.8 Å². The highest BCUT2D eigenvalue weighted by atomic mass is 16.5. The summed E-state index contributed by atoms with van der Waals surface area (Å²) in [5.74, 6) is 0. The molecule has 0 heterocycles. The van der Waals surface area contributed by atoms with Crippen molar-refractivity contribution >= 4 is 0 Å². The first-order valence-corrected chi connectivity index (χ1v) is 6.09. The molecule has 0 fully saturated rings. The maximum absolute atomic E-state index is 8.88. The Hall–Kier alpha value is -0.590. The number of likely N-dealkylation sites (N-methyl/N-ethyl adjacent to an activating group) is 1. The minimum absolute atomic E-state index is 0.185. The Morgan fingerprint density at radius 2 is 1.94 bits per heavy atom. The van der Waals surface area contributed by atoms with E-state index in [2.05, 4.69) is 31.9 Å². The SMILES string of the molecule is CC(C)OCCN(C)CCCC(C)(C)C#N. The van der Waals surface area contributed by atoms with Gasteiger partial charge >= 0.3 is 0 Å². The fraction of sp³-hybridized carbons (Fsp3) is 0.923. The fourth-order valence-electron chi connectivity index (χ4n) is 1.40. The van der Waals surface area contributed by atoms with Crippen molar-refractivity contribution in [1.29, 1.82) is 5.26 Å². The van der Waals surface area contributed by atoms with E-state index < -0.39 is 0 Å². The quantitative estimate of drug-likeness (QED) is 0.638. The van der Waals surface area contributed by atoms with Crippen LogP contribution in [0.4, 0.5) is 0 Å². The highest BCUT2D eigenvalue weighted by Crippen LogP contribution is 2.20. The van der Waals surface area contributed by atoms with Crippen LogP contribution in [0.2, 0.25) is 0 Å². The van der Waals surface area contributed by atoms with Crippen LogP contribution >= 0.6 is 0 Å². The van der Waals surface area contributed by atoms with Crippen LogP contribution < -0.4 is 0 Å². The van der Waals surface area contributed by atoms with E-state index in [1.165, 1.54) is 0 Å². The molecule has 0 aromatic carbocycles. The molecule has 0 aliphatic heterocycles. The lowest BCUT2D eigenvalue weighted by atomic mass is 9.90. The molecule has 0 bridgehead atoms. The summed E-state index contributed by atoms with van der Waals surface area (Å²) in [6.45, 7) is 10.9. The molecule has 0 aliphatic carbocycles. The van der Waals surface area contributed by atoms with Gasteiger partial charge in [0.15, 0.2) is 0 Å². The third-order valence-corrected chi connectivity index (χ3v) is 2.57. The van der Waals surface area contributed by atoms with Crippen molar-refractivity contribution in [2.75, 3.05) is 26.7 Å². The normalized spacial score (nSPS) is 12.1. The molecule has 0 aromatic rings. The number of hydrogen-bond donors (Lipinski definition) is 0. The summed E-state index contributed by atoms with van der Waals surface area (Å²) in [6.07, 6.45) is 2.34. The average Bonchev–Trinajstić information content (AvgIpc) is 2.17. The van der Waals surface area contributed by atoms with Crippen LogP contribution in [0.25, 0.3) is 0 Å². The minimum Gasteiger partial charge on any atom is -0.377 e. The predicted octanol–water partition coefficient (Wildman–Crippen LogP) is 2.67. The Labute approximate surface area is 100 Å². The fourth-order valence-corrected chi connectivity index (χ4v) is 1.40. The van der Waals surface area contributed by atoms with E-state index >= 15 is 0 Å². The predicted molar refractivity (Wildman–Crippen MR) is 67.2 cm³/mol. The molecule has 0 rings (SSSR count). The molecule has 0 spiro atoms. The van der Waals surface area contributed by atoms with Crippen LogP contribution in [0.1, 0.15) is 40.5 Å². The molecule has 0 atom stereocenters. The van der Waals surface area contributed by atoms with Gasteiger partial charge in [-0.05, 0) is 54.1 Å². The zero-order valence-corrected chi connectivity index (χ0v) is 11.4. The van der Waals surface area contributed by atoms with Crippen molar-refractivity contribution in [3.63, 3.8) is 0 Å². The molecule has 0 saturated heterocycles. The number of rotatable bonds is 8. The van der Waals surface area contributed by atoms with Crippen LogP contribution in [-0.2, 0) is 4.74 Å². The molecule has 0 aliphatic rings. The Kier molecular flexibility index (Phi) is 7.36. The second kappa shape index (κ2) is 7.65. The summed E-state index contributed by atoms with van der Waals surface area (Å²) in [5.41, 5.74) is -0.185. The third-order valence-electron chi connectivity index (χ3n) is 2.57. The first-order valence-electron chi connectivity index (χ1n) is 6.09.